The van der Waals surface area contributed by atoms with Crippen LogP contribution in [-0.2, 0) is 4.79 Å². The first-order valence-electron chi connectivity index (χ1n) is 4.71. The van der Waals surface area contributed by atoms with Crippen molar-refractivity contribution in [2.75, 3.05) is 20.7 Å². The van der Waals surface area contributed by atoms with Gasteiger partial charge in [0, 0.05) is 18.8 Å². The molecule has 2 N–H and O–H groups in total. The van der Waals surface area contributed by atoms with Crippen molar-refractivity contribution in [1.29, 1.82) is 0 Å². The minimum atomic E-state index is -1.10. The number of carbonyl (C=O) groups excluding carboxylic acids is 1. The van der Waals surface area contributed by atoms with Gasteiger partial charge in [-0.2, -0.15) is 0 Å². The fraction of sp³-hybridized carbons (Fsp3) is 0.889. The number of quaternary nitrogens is 1. The first-order chi connectivity index (χ1) is 6.39. The normalized spacial score (nSPS) is 35.9. The van der Waals surface area contributed by atoms with Crippen LogP contribution in [0.25, 0.3) is 0 Å². The van der Waals surface area contributed by atoms with Crippen LogP contribution in [0.2, 0.25) is 0 Å². The number of aliphatic hydroxyl groups excluding tert-OH is 2. The van der Waals surface area contributed by atoms with E-state index in [0.717, 1.165) is 0 Å². The van der Waals surface area contributed by atoms with Crippen LogP contribution in [0.5, 0.6) is 0 Å². The summed E-state index contributed by atoms with van der Waals surface area (Å²) in [5, 5.41) is 29.2. The van der Waals surface area contributed by atoms with Gasteiger partial charge in [0.05, 0.1) is 26.7 Å². The first-order valence-corrected chi connectivity index (χ1v) is 4.71. The number of aliphatic hydroxyl groups is 2. The van der Waals surface area contributed by atoms with Crippen LogP contribution in [0, 0.1) is 0 Å². The second kappa shape index (κ2) is 3.84. The molecule has 0 saturated carbocycles. The van der Waals surface area contributed by atoms with Crippen molar-refractivity contribution in [3.63, 3.8) is 0 Å². The zero-order valence-corrected chi connectivity index (χ0v) is 8.51. The van der Waals surface area contributed by atoms with E-state index in [1.165, 1.54) is 0 Å². The Bertz CT molecular complexity index is 229. The Hall–Kier alpha value is -0.650. The average molecular weight is 203 g/mol. The minimum absolute atomic E-state index is 0.0689. The molecule has 0 spiro atoms. The second-order valence-corrected chi connectivity index (χ2v) is 4.41. The lowest BCUT2D eigenvalue weighted by molar-refractivity contribution is -0.926. The summed E-state index contributed by atoms with van der Waals surface area (Å²) in [5.41, 5.74) is 0. The SMILES string of the molecule is C[N+]1(C)[C@H](CC(=O)[O-])C[C@@H](O)[C@@H]1CO. The third-order valence-electron chi connectivity index (χ3n) is 3.34. The highest BCUT2D eigenvalue weighted by Gasteiger charge is 2.48. The highest BCUT2D eigenvalue weighted by atomic mass is 16.4. The van der Waals surface area contributed by atoms with E-state index in [-0.39, 0.29) is 25.1 Å². The summed E-state index contributed by atoms with van der Waals surface area (Å²) in [5.74, 6) is -1.10. The molecule has 1 rings (SSSR count). The molecule has 0 aromatic carbocycles. The maximum Gasteiger partial charge on any atom is 0.139 e. The van der Waals surface area contributed by atoms with Gasteiger partial charge >= 0.3 is 0 Å². The van der Waals surface area contributed by atoms with Gasteiger partial charge in [-0.05, 0) is 0 Å². The Balaban J connectivity index is 2.76. The Morgan fingerprint density at radius 2 is 2.14 bits per heavy atom. The summed E-state index contributed by atoms with van der Waals surface area (Å²) in [4.78, 5) is 10.5. The number of aliphatic carboxylic acids is 1. The minimum Gasteiger partial charge on any atom is -0.550 e. The third kappa shape index (κ3) is 1.89. The molecule has 0 aromatic heterocycles. The van der Waals surface area contributed by atoms with Crippen molar-refractivity contribution < 1.29 is 24.6 Å². The summed E-state index contributed by atoms with van der Waals surface area (Å²) in [6.45, 7) is -0.127. The predicted molar refractivity (Wildman–Crippen MR) is 47.0 cm³/mol. The Kier molecular flexibility index (Phi) is 3.14. The van der Waals surface area contributed by atoms with Crippen LogP contribution in [0.4, 0.5) is 0 Å². The molecule has 14 heavy (non-hydrogen) atoms. The molecule has 0 amide bonds. The average Bonchev–Trinajstić information content (AvgIpc) is 2.21. The fourth-order valence-corrected chi connectivity index (χ4v) is 2.26. The largest absolute Gasteiger partial charge is 0.550 e. The van der Waals surface area contributed by atoms with Crippen LogP contribution >= 0.6 is 0 Å². The van der Waals surface area contributed by atoms with Gasteiger partial charge in [0.25, 0.3) is 0 Å². The molecule has 0 aliphatic carbocycles. The van der Waals surface area contributed by atoms with Gasteiger partial charge in [0.2, 0.25) is 0 Å². The van der Waals surface area contributed by atoms with Gasteiger partial charge in [-0.1, -0.05) is 0 Å². The summed E-state index contributed by atoms with van der Waals surface area (Å²) >= 11 is 0. The molecule has 1 aliphatic heterocycles. The van der Waals surface area contributed by atoms with Crippen molar-refractivity contribution in [3.8, 4) is 0 Å². The second-order valence-electron chi connectivity index (χ2n) is 4.41. The number of carboxylic acid groups (broad SMARTS) is 1. The van der Waals surface area contributed by atoms with E-state index in [0.29, 0.717) is 10.9 Å². The number of carboxylic acids is 1. The number of carbonyl (C=O) groups is 1. The van der Waals surface area contributed by atoms with Gasteiger partial charge in [-0.3, -0.25) is 0 Å². The Labute approximate surface area is 83.2 Å². The van der Waals surface area contributed by atoms with E-state index in [4.69, 9.17) is 5.11 Å². The van der Waals surface area contributed by atoms with Gasteiger partial charge < -0.3 is 24.6 Å². The quantitative estimate of drug-likeness (QED) is 0.505. The molecule has 0 radical (unpaired) electrons. The highest BCUT2D eigenvalue weighted by molar-refractivity contribution is 5.64. The predicted octanol–water partition coefficient (Wildman–Crippen LogP) is -2.30. The molecule has 82 valence electrons. The van der Waals surface area contributed by atoms with Crippen molar-refractivity contribution in [3.05, 3.63) is 0 Å². The van der Waals surface area contributed by atoms with E-state index in [1.54, 1.807) is 0 Å². The molecule has 0 bridgehead atoms. The molecule has 5 heteroatoms. The monoisotopic (exact) mass is 203 g/mol. The third-order valence-corrected chi connectivity index (χ3v) is 3.34. The molecule has 3 atom stereocenters. The van der Waals surface area contributed by atoms with Gasteiger partial charge in [-0.25, -0.2) is 0 Å². The lowest BCUT2D eigenvalue weighted by Crippen LogP contribution is -2.54. The Morgan fingerprint density at radius 1 is 1.57 bits per heavy atom. The van der Waals surface area contributed by atoms with E-state index < -0.39 is 12.1 Å². The van der Waals surface area contributed by atoms with Gasteiger partial charge in [0.1, 0.15) is 12.1 Å². The maximum atomic E-state index is 10.5. The molecular formula is C9H17NO4. The smallest absolute Gasteiger partial charge is 0.139 e. The van der Waals surface area contributed by atoms with E-state index in [1.807, 2.05) is 14.1 Å². The molecule has 1 aliphatic rings. The molecule has 0 aromatic rings. The summed E-state index contributed by atoms with van der Waals surface area (Å²) in [6, 6.07) is -0.466. The topological polar surface area (TPSA) is 80.6 Å². The van der Waals surface area contributed by atoms with E-state index in [2.05, 4.69) is 0 Å². The fourth-order valence-electron chi connectivity index (χ4n) is 2.26. The number of hydrogen-bond acceptors (Lipinski definition) is 4. The van der Waals surface area contributed by atoms with Crippen LogP contribution in [0.3, 0.4) is 0 Å². The lowest BCUT2D eigenvalue weighted by Gasteiger charge is -2.37. The highest BCUT2D eigenvalue weighted by Crippen LogP contribution is 2.31. The van der Waals surface area contributed by atoms with Gasteiger partial charge in [0.15, 0.2) is 0 Å². The number of hydrogen-bond donors (Lipinski definition) is 2. The zero-order valence-electron chi connectivity index (χ0n) is 8.51. The van der Waals surface area contributed by atoms with E-state index >= 15 is 0 Å². The first kappa shape index (κ1) is 11.4. The van der Waals surface area contributed by atoms with Crippen molar-refractivity contribution in [2.24, 2.45) is 0 Å². The molecule has 0 unspecified atom stereocenters. The maximum absolute atomic E-state index is 10.5. The molecule has 5 nitrogen and oxygen atoms in total. The number of nitrogens with zero attached hydrogens (tertiary/aromatic N) is 1. The molecular weight excluding hydrogens is 186 g/mol. The Morgan fingerprint density at radius 3 is 2.50 bits per heavy atom. The molecule has 1 fully saturated rings. The van der Waals surface area contributed by atoms with Gasteiger partial charge in [-0.15, -0.1) is 0 Å². The van der Waals surface area contributed by atoms with E-state index in [9.17, 15) is 15.0 Å². The number of rotatable bonds is 3. The summed E-state index contributed by atoms with van der Waals surface area (Å²) in [7, 11) is 3.65. The van der Waals surface area contributed by atoms with Crippen LogP contribution in [-0.4, -0.2) is 59.6 Å². The summed E-state index contributed by atoms with van der Waals surface area (Å²) in [6.07, 6.45) is -0.286. The number of likely N-dealkylation sites (tertiary alicyclic amines) is 1. The van der Waals surface area contributed by atoms with Crippen LogP contribution in [0.1, 0.15) is 12.8 Å². The summed E-state index contributed by atoms with van der Waals surface area (Å²) < 4.78 is 0.339. The van der Waals surface area contributed by atoms with Crippen molar-refractivity contribution in [1.82, 2.24) is 0 Å². The molecule has 1 saturated heterocycles. The van der Waals surface area contributed by atoms with Crippen molar-refractivity contribution >= 4 is 5.97 Å². The van der Waals surface area contributed by atoms with Crippen LogP contribution < -0.4 is 5.11 Å². The number of likely N-dealkylation sites (N-methyl/N-ethyl adjacent to an activating group) is 1. The van der Waals surface area contributed by atoms with Crippen LogP contribution in [0.15, 0.2) is 0 Å². The zero-order chi connectivity index (χ0) is 10.9. The molecule has 1 heterocycles. The van der Waals surface area contributed by atoms with Crippen molar-refractivity contribution in [2.45, 2.75) is 31.0 Å². The standard InChI is InChI=1S/C9H17NO4/c1-10(2)6(4-9(13)14)3-8(12)7(10)5-11/h6-8,11-12H,3-5H2,1-2H3/t6-,7-,8+/m0/s1. The lowest BCUT2D eigenvalue weighted by atomic mass is 10.1.